The molecule has 50 heavy (non-hydrogen) atoms. The molecule has 13 nitrogen and oxygen atoms in total. The van der Waals surface area contributed by atoms with E-state index in [2.05, 4.69) is 47.4 Å². The molecule has 4 aliphatic rings. The van der Waals surface area contributed by atoms with Crippen LogP contribution in [0.1, 0.15) is 50.0 Å². The maximum Gasteiger partial charge on any atom is 0.249 e. The Morgan fingerprint density at radius 3 is 2.54 bits per heavy atom. The van der Waals surface area contributed by atoms with E-state index >= 15 is 0 Å². The summed E-state index contributed by atoms with van der Waals surface area (Å²) in [5.74, 6) is -0.174. The van der Waals surface area contributed by atoms with Crippen LogP contribution in [0.3, 0.4) is 0 Å². The number of nitrogens with two attached hydrogens (primary N) is 1. The van der Waals surface area contributed by atoms with E-state index < -0.39 is 11.6 Å². The molecule has 1 atom stereocenters. The first kappa shape index (κ1) is 32.0. The summed E-state index contributed by atoms with van der Waals surface area (Å²) in [6.45, 7) is 4.79. The number of benzene rings is 2. The minimum Gasteiger partial charge on any atom is -0.504 e. The van der Waals surface area contributed by atoms with Gasteiger partial charge in [-0.1, -0.05) is 18.2 Å². The fraction of sp³-hybridized carbons (Fsp3) is 0.417. The van der Waals surface area contributed by atoms with Crippen molar-refractivity contribution in [1.29, 1.82) is 0 Å². The number of hydrogen-bond acceptors (Lipinski definition) is 11. The fourth-order valence-electron chi connectivity index (χ4n) is 8.05. The SMILES string of the molecule is Nc1nnc(-c2cccc(F)c2O)cc1-n1cc(N2CCN(C3CCC(c4cccc5c4OCCN5[C@H]4CCC(=O)NC4=O)CC3)CC2)cn1. The summed E-state index contributed by atoms with van der Waals surface area (Å²) < 4.78 is 21.9. The number of phenolic OH excluding ortho intramolecular Hbond substituents is 1. The maximum absolute atomic E-state index is 14.0. The number of carbonyl (C=O) groups is 2. The van der Waals surface area contributed by atoms with Crippen LogP contribution in [0.15, 0.2) is 54.9 Å². The van der Waals surface area contributed by atoms with E-state index in [0.717, 1.165) is 69.0 Å². The van der Waals surface area contributed by atoms with Crippen LogP contribution in [0.5, 0.6) is 11.5 Å². The molecule has 2 aromatic carbocycles. The van der Waals surface area contributed by atoms with Gasteiger partial charge in [0.2, 0.25) is 11.8 Å². The number of piperazine rings is 1. The van der Waals surface area contributed by atoms with Crippen LogP contribution in [0.4, 0.5) is 21.6 Å². The first-order valence-electron chi connectivity index (χ1n) is 17.3. The Balaban J connectivity index is 0.886. The first-order valence-corrected chi connectivity index (χ1v) is 17.3. The zero-order chi connectivity index (χ0) is 34.4. The smallest absolute Gasteiger partial charge is 0.249 e. The second kappa shape index (κ2) is 13.2. The third-order valence-electron chi connectivity index (χ3n) is 10.7. The number of aromatic hydroxyl groups is 1. The number of carbonyl (C=O) groups excluding carboxylic acids is 2. The number of imide groups is 1. The Hall–Kier alpha value is -5.24. The lowest BCUT2D eigenvalue weighted by Crippen LogP contribution is -2.54. The lowest BCUT2D eigenvalue weighted by atomic mass is 9.80. The van der Waals surface area contributed by atoms with E-state index in [1.807, 2.05) is 18.5 Å². The van der Waals surface area contributed by atoms with Gasteiger partial charge in [-0.15, -0.1) is 10.2 Å². The van der Waals surface area contributed by atoms with Crippen LogP contribution in [-0.4, -0.2) is 93.2 Å². The van der Waals surface area contributed by atoms with Crippen molar-refractivity contribution >= 4 is 29.0 Å². The van der Waals surface area contributed by atoms with Crippen molar-refractivity contribution in [3.8, 4) is 28.4 Å². The lowest BCUT2D eigenvalue weighted by molar-refractivity contribution is -0.134. The van der Waals surface area contributed by atoms with Crippen molar-refractivity contribution in [2.45, 2.75) is 56.5 Å². The molecule has 3 aliphatic heterocycles. The van der Waals surface area contributed by atoms with Crippen LogP contribution in [0, 0.1) is 5.82 Å². The second-order valence-corrected chi connectivity index (χ2v) is 13.5. The van der Waals surface area contributed by atoms with E-state index in [4.69, 9.17) is 10.5 Å². The molecule has 0 unspecified atom stereocenters. The van der Waals surface area contributed by atoms with Crippen LogP contribution in [0.2, 0.25) is 0 Å². The van der Waals surface area contributed by atoms with E-state index in [-0.39, 0.29) is 29.2 Å². The predicted octanol–water partition coefficient (Wildman–Crippen LogP) is 3.61. The van der Waals surface area contributed by atoms with Crippen molar-refractivity contribution < 1.29 is 23.8 Å². The molecule has 260 valence electrons. The van der Waals surface area contributed by atoms with E-state index in [9.17, 15) is 19.1 Å². The van der Waals surface area contributed by atoms with Gasteiger partial charge >= 0.3 is 0 Å². The fourth-order valence-corrected chi connectivity index (χ4v) is 8.05. The lowest BCUT2D eigenvalue weighted by Gasteiger charge is -2.43. The van der Waals surface area contributed by atoms with Crippen molar-refractivity contribution in [3.63, 3.8) is 0 Å². The Kier molecular flexibility index (Phi) is 8.47. The summed E-state index contributed by atoms with van der Waals surface area (Å²) in [7, 11) is 0. The number of halogens is 1. The molecule has 1 aliphatic carbocycles. The first-order chi connectivity index (χ1) is 24.3. The monoisotopic (exact) mass is 681 g/mol. The van der Waals surface area contributed by atoms with Crippen molar-refractivity contribution in [2.24, 2.45) is 0 Å². The summed E-state index contributed by atoms with van der Waals surface area (Å²) in [5.41, 5.74) is 10.3. The Morgan fingerprint density at radius 1 is 0.940 bits per heavy atom. The highest BCUT2D eigenvalue weighted by Gasteiger charge is 2.37. The average molecular weight is 682 g/mol. The number of hydrogen-bond donors (Lipinski definition) is 3. The summed E-state index contributed by atoms with van der Waals surface area (Å²) >= 11 is 0. The zero-order valence-electron chi connectivity index (χ0n) is 27.7. The molecule has 8 rings (SSSR count). The van der Waals surface area contributed by atoms with Gasteiger partial charge < -0.3 is 25.4 Å². The van der Waals surface area contributed by atoms with Crippen molar-refractivity contribution in [1.82, 2.24) is 30.2 Å². The number of phenols is 1. The Morgan fingerprint density at radius 2 is 1.74 bits per heavy atom. The molecule has 4 N–H and O–H groups in total. The number of para-hydroxylation sites is 2. The number of nitrogens with one attached hydrogen (secondary N) is 1. The molecule has 2 saturated heterocycles. The molecule has 5 heterocycles. The number of fused-ring (bicyclic) bond motifs is 1. The second-order valence-electron chi connectivity index (χ2n) is 13.5. The highest BCUT2D eigenvalue weighted by Crippen LogP contribution is 2.45. The summed E-state index contributed by atoms with van der Waals surface area (Å²) in [6, 6.07) is 12.4. The molecule has 0 radical (unpaired) electrons. The third-order valence-corrected chi connectivity index (χ3v) is 10.7. The normalized spacial score (nSPS) is 22.9. The minimum absolute atomic E-state index is 0.175. The summed E-state index contributed by atoms with van der Waals surface area (Å²) in [6.07, 6.45) is 8.98. The van der Waals surface area contributed by atoms with Crippen molar-refractivity contribution in [2.75, 3.05) is 54.9 Å². The molecule has 0 bridgehead atoms. The molecule has 2 aromatic heterocycles. The van der Waals surface area contributed by atoms with Gasteiger partial charge in [0.25, 0.3) is 0 Å². The Bertz CT molecular complexity index is 1920. The van der Waals surface area contributed by atoms with Gasteiger partial charge in [-0.2, -0.15) is 5.10 Å². The molecule has 2 amide bonds. The predicted molar refractivity (Wildman–Crippen MR) is 185 cm³/mol. The molecule has 0 spiro atoms. The number of nitrogen functional groups attached to an aromatic ring is 1. The number of rotatable bonds is 6. The molecule has 3 fully saturated rings. The number of nitrogens with zero attached hydrogens (tertiary/aromatic N) is 7. The molecular formula is C36H40FN9O4. The highest BCUT2D eigenvalue weighted by molar-refractivity contribution is 6.02. The maximum atomic E-state index is 14.0. The summed E-state index contributed by atoms with van der Waals surface area (Å²) in [5, 5.41) is 25.4. The van der Waals surface area contributed by atoms with Gasteiger partial charge in [0.05, 0.1) is 36.0 Å². The zero-order valence-corrected chi connectivity index (χ0v) is 27.7. The van der Waals surface area contributed by atoms with Gasteiger partial charge in [0.1, 0.15) is 24.1 Å². The van der Waals surface area contributed by atoms with E-state index in [1.54, 1.807) is 16.8 Å². The third kappa shape index (κ3) is 5.97. The number of piperidine rings is 1. The molecular weight excluding hydrogens is 641 g/mol. The molecule has 4 aromatic rings. The molecule has 1 saturated carbocycles. The largest absolute Gasteiger partial charge is 0.504 e. The number of ether oxygens (including phenoxy) is 1. The topological polar surface area (TPSA) is 155 Å². The van der Waals surface area contributed by atoms with Gasteiger partial charge in [-0.3, -0.25) is 19.8 Å². The van der Waals surface area contributed by atoms with Crippen LogP contribution in [0.25, 0.3) is 16.9 Å². The van der Waals surface area contributed by atoms with Crippen LogP contribution in [-0.2, 0) is 9.59 Å². The van der Waals surface area contributed by atoms with Crippen LogP contribution < -0.4 is 25.6 Å². The Labute approximate surface area is 288 Å². The minimum atomic E-state index is -0.736. The van der Waals surface area contributed by atoms with Crippen molar-refractivity contribution in [3.05, 3.63) is 66.2 Å². The average Bonchev–Trinajstić information content (AvgIpc) is 3.63. The van der Waals surface area contributed by atoms with E-state index in [0.29, 0.717) is 49.3 Å². The number of aromatic nitrogens is 4. The van der Waals surface area contributed by atoms with Gasteiger partial charge in [0.15, 0.2) is 17.4 Å². The quantitative estimate of drug-likeness (QED) is 0.256. The number of anilines is 3. The standard InChI is InChI=1S/C36H40FN9O4/c37-27-5-1-4-26(33(27)48)28-19-31(35(38)42-41-28)46-21-24(20-39-46)44-15-13-43(14-16-44)23-9-7-22(8-10-23)25-3-2-6-29-34(25)50-18-17-45(29)30-11-12-32(47)40-36(30)49/h1-6,19-23,30,48H,7-18H2,(H2,38,42)(H,40,47,49)/t22?,23?,30-/m0/s1. The summed E-state index contributed by atoms with van der Waals surface area (Å²) in [4.78, 5) is 31.5. The number of amides is 2. The highest BCUT2D eigenvalue weighted by atomic mass is 19.1. The van der Waals surface area contributed by atoms with Gasteiger partial charge in [-0.05, 0) is 67.9 Å². The van der Waals surface area contributed by atoms with Gasteiger partial charge in [0, 0.05) is 44.2 Å². The van der Waals surface area contributed by atoms with Crippen LogP contribution >= 0.6 is 0 Å². The molecule has 14 heteroatoms. The van der Waals surface area contributed by atoms with E-state index in [1.165, 1.54) is 17.7 Å². The van der Waals surface area contributed by atoms with Gasteiger partial charge in [-0.25, -0.2) is 9.07 Å².